The minimum atomic E-state index is -1.42. The molecule has 0 spiro atoms. The standard InChI is InChI=1S/C27H48O3/c1-17(2)24(28)11-6-18(3)21-9-10-22-20-8-7-19-16-27(29,30)15-14-25(19,4)23(20)12-13-26(21,22)5/h17-24,28-30H,6-16H2,1-5H3/t18-,19+,20+,21-,22+,23+,24+,25+,26-/m1/s1. The molecule has 0 saturated heterocycles. The molecule has 3 heteroatoms. The van der Waals surface area contributed by atoms with Gasteiger partial charge in [-0.25, -0.2) is 0 Å². The van der Waals surface area contributed by atoms with Gasteiger partial charge in [-0.2, -0.15) is 0 Å². The predicted molar refractivity (Wildman–Crippen MR) is 122 cm³/mol. The summed E-state index contributed by atoms with van der Waals surface area (Å²) >= 11 is 0. The summed E-state index contributed by atoms with van der Waals surface area (Å²) < 4.78 is 0. The van der Waals surface area contributed by atoms with Gasteiger partial charge in [-0.3, -0.25) is 0 Å². The van der Waals surface area contributed by atoms with Crippen molar-refractivity contribution in [3.8, 4) is 0 Å². The fourth-order valence-corrected chi connectivity index (χ4v) is 9.17. The number of hydrogen-bond donors (Lipinski definition) is 3. The molecule has 0 aromatic heterocycles. The normalized spacial score (nSPS) is 47.3. The van der Waals surface area contributed by atoms with Crippen LogP contribution in [0.5, 0.6) is 0 Å². The van der Waals surface area contributed by atoms with Gasteiger partial charge in [-0.1, -0.05) is 34.6 Å². The molecule has 4 aliphatic carbocycles. The first-order valence-electron chi connectivity index (χ1n) is 13.1. The molecule has 4 rings (SSSR count). The monoisotopic (exact) mass is 420 g/mol. The molecule has 0 heterocycles. The molecule has 0 aromatic carbocycles. The van der Waals surface area contributed by atoms with E-state index in [1.165, 1.54) is 38.5 Å². The third-order valence-electron chi connectivity index (χ3n) is 11.2. The maximum atomic E-state index is 10.3. The molecular weight excluding hydrogens is 372 g/mol. The average Bonchev–Trinajstić information content (AvgIpc) is 3.03. The van der Waals surface area contributed by atoms with E-state index in [4.69, 9.17) is 0 Å². The van der Waals surface area contributed by atoms with Crippen molar-refractivity contribution in [2.24, 2.45) is 52.3 Å². The lowest BCUT2D eigenvalue weighted by molar-refractivity contribution is -0.233. The molecule has 0 radical (unpaired) electrons. The third kappa shape index (κ3) is 3.79. The molecule has 30 heavy (non-hydrogen) atoms. The SMILES string of the molecule is CC(C)[C@@H](O)CC[C@@H](C)[C@H]1CC[C@H]2[C@@H]3CC[C@H]4CC(O)(O)CC[C@]4(C)[C@H]3CC[C@]12C. The smallest absolute Gasteiger partial charge is 0.162 e. The van der Waals surface area contributed by atoms with E-state index in [1.807, 2.05) is 0 Å². The van der Waals surface area contributed by atoms with Gasteiger partial charge >= 0.3 is 0 Å². The second-order valence-electron chi connectivity index (χ2n) is 12.9. The summed E-state index contributed by atoms with van der Waals surface area (Å²) in [6.45, 7) is 11.8. The van der Waals surface area contributed by atoms with Crippen LogP contribution in [0.3, 0.4) is 0 Å². The van der Waals surface area contributed by atoms with E-state index in [9.17, 15) is 15.3 Å². The first-order valence-corrected chi connectivity index (χ1v) is 13.1. The van der Waals surface area contributed by atoms with Crippen LogP contribution in [0.4, 0.5) is 0 Å². The van der Waals surface area contributed by atoms with Crippen molar-refractivity contribution in [2.75, 3.05) is 0 Å². The second-order valence-corrected chi connectivity index (χ2v) is 12.9. The highest BCUT2D eigenvalue weighted by molar-refractivity contribution is 5.10. The van der Waals surface area contributed by atoms with E-state index >= 15 is 0 Å². The summed E-state index contributed by atoms with van der Waals surface area (Å²) in [4.78, 5) is 0. The molecule has 174 valence electrons. The van der Waals surface area contributed by atoms with Crippen molar-refractivity contribution in [1.29, 1.82) is 0 Å². The number of aliphatic hydroxyl groups excluding tert-OH is 1. The van der Waals surface area contributed by atoms with Gasteiger partial charge in [0.2, 0.25) is 0 Å². The van der Waals surface area contributed by atoms with Crippen LogP contribution in [-0.4, -0.2) is 27.2 Å². The zero-order chi connectivity index (χ0) is 21.9. The van der Waals surface area contributed by atoms with Crippen molar-refractivity contribution in [1.82, 2.24) is 0 Å². The molecule has 0 aliphatic heterocycles. The van der Waals surface area contributed by atoms with E-state index < -0.39 is 5.79 Å². The second kappa shape index (κ2) is 8.03. The molecule has 4 aliphatic rings. The molecule has 4 saturated carbocycles. The van der Waals surface area contributed by atoms with Gasteiger partial charge in [0.05, 0.1) is 6.10 Å². The first-order chi connectivity index (χ1) is 14.0. The van der Waals surface area contributed by atoms with Crippen molar-refractivity contribution >= 4 is 0 Å². The third-order valence-corrected chi connectivity index (χ3v) is 11.2. The highest BCUT2D eigenvalue weighted by Crippen LogP contribution is 2.68. The van der Waals surface area contributed by atoms with Gasteiger partial charge in [0.15, 0.2) is 5.79 Å². The Morgan fingerprint density at radius 2 is 1.50 bits per heavy atom. The summed E-state index contributed by atoms with van der Waals surface area (Å²) in [6, 6.07) is 0. The summed E-state index contributed by atoms with van der Waals surface area (Å²) in [7, 11) is 0. The molecule has 9 atom stereocenters. The Balaban J connectivity index is 1.46. The Morgan fingerprint density at radius 1 is 0.800 bits per heavy atom. The van der Waals surface area contributed by atoms with Gasteiger partial charge in [-0.05, 0) is 110 Å². The van der Waals surface area contributed by atoms with E-state index in [1.54, 1.807) is 0 Å². The predicted octanol–water partition coefficient (Wildman–Crippen LogP) is 5.76. The zero-order valence-electron chi connectivity index (χ0n) is 20.2. The van der Waals surface area contributed by atoms with Crippen LogP contribution in [0.1, 0.15) is 105 Å². The quantitative estimate of drug-likeness (QED) is 0.496. The van der Waals surface area contributed by atoms with Crippen LogP contribution in [0.15, 0.2) is 0 Å². The fourth-order valence-electron chi connectivity index (χ4n) is 9.17. The molecule has 3 N–H and O–H groups in total. The lowest BCUT2D eigenvalue weighted by Gasteiger charge is -2.61. The topological polar surface area (TPSA) is 60.7 Å². The minimum absolute atomic E-state index is 0.153. The van der Waals surface area contributed by atoms with Gasteiger partial charge in [0, 0.05) is 12.8 Å². The van der Waals surface area contributed by atoms with Crippen molar-refractivity contribution in [3.05, 3.63) is 0 Å². The first kappa shape index (κ1) is 23.1. The van der Waals surface area contributed by atoms with Crippen LogP contribution in [0, 0.1) is 52.3 Å². The molecule has 4 fully saturated rings. The van der Waals surface area contributed by atoms with Crippen molar-refractivity contribution in [3.63, 3.8) is 0 Å². The highest BCUT2D eigenvalue weighted by Gasteiger charge is 2.61. The molecule has 0 aromatic rings. The molecular formula is C27H48O3. The van der Waals surface area contributed by atoms with Crippen molar-refractivity contribution < 1.29 is 15.3 Å². The van der Waals surface area contributed by atoms with Crippen LogP contribution in [0.25, 0.3) is 0 Å². The Bertz CT molecular complexity index is 615. The molecule has 0 bridgehead atoms. The van der Waals surface area contributed by atoms with E-state index in [2.05, 4.69) is 34.6 Å². The molecule has 0 unspecified atom stereocenters. The van der Waals surface area contributed by atoms with E-state index in [0.29, 0.717) is 41.4 Å². The molecule has 3 nitrogen and oxygen atoms in total. The summed E-state index contributed by atoms with van der Waals surface area (Å²) in [5, 5.41) is 30.9. The number of aliphatic hydroxyl groups is 3. The fraction of sp³-hybridized carbons (Fsp3) is 1.00. The van der Waals surface area contributed by atoms with Gasteiger partial charge in [-0.15, -0.1) is 0 Å². The highest BCUT2D eigenvalue weighted by atomic mass is 16.5. The Kier molecular flexibility index (Phi) is 6.17. The number of fused-ring (bicyclic) bond motifs is 5. The Labute approximate surface area is 185 Å². The van der Waals surface area contributed by atoms with E-state index in [0.717, 1.165) is 42.9 Å². The lowest BCUT2D eigenvalue weighted by atomic mass is 9.44. The van der Waals surface area contributed by atoms with Gasteiger partial charge < -0.3 is 15.3 Å². The Morgan fingerprint density at radius 3 is 2.20 bits per heavy atom. The van der Waals surface area contributed by atoms with Crippen LogP contribution in [-0.2, 0) is 0 Å². The van der Waals surface area contributed by atoms with Gasteiger partial charge in [0.25, 0.3) is 0 Å². The lowest BCUT2D eigenvalue weighted by Crippen LogP contribution is -2.56. The summed E-state index contributed by atoms with van der Waals surface area (Å²) in [5.41, 5.74) is 0.781. The zero-order valence-corrected chi connectivity index (χ0v) is 20.2. The van der Waals surface area contributed by atoms with E-state index in [-0.39, 0.29) is 6.10 Å². The van der Waals surface area contributed by atoms with Crippen LogP contribution < -0.4 is 0 Å². The Hall–Kier alpha value is -0.120. The van der Waals surface area contributed by atoms with Crippen LogP contribution in [0.2, 0.25) is 0 Å². The number of hydrogen-bond acceptors (Lipinski definition) is 3. The maximum Gasteiger partial charge on any atom is 0.162 e. The van der Waals surface area contributed by atoms with Crippen molar-refractivity contribution in [2.45, 2.75) is 117 Å². The van der Waals surface area contributed by atoms with Crippen LogP contribution >= 0.6 is 0 Å². The number of rotatable bonds is 5. The summed E-state index contributed by atoms with van der Waals surface area (Å²) in [6.07, 6.45) is 12.0. The molecule has 0 amide bonds. The maximum absolute atomic E-state index is 10.3. The van der Waals surface area contributed by atoms with Gasteiger partial charge in [0.1, 0.15) is 0 Å². The average molecular weight is 421 g/mol. The largest absolute Gasteiger partial charge is 0.393 e. The minimum Gasteiger partial charge on any atom is -0.393 e. The summed E-state index contributed by atoms with van der Waals surface area (Å²) in [5.74, 6) is 3.41.